The van der Waals surface area contributed by atoms with Crippen molar-refractivity contribution in [2.75, 3.05) is 14.2 Å². The maximum Gasteiger partial charge on any atom is 0.321 e. The predicted molar refractivity (Wildman–Crippen MR) is 176 cm³/mol. The fourth-order valence-electron chi connectivity index (χ4n) is 11.3. The van der Waals surface area contributed by atoms with Crippen LogP contribution >= 0.6 is 0 Å². The summed E-state index contributed by atoms with van der Waals surface area (Å²) < 4.78 is 16.4. The number of phenolic OH excluding ortho intramolecular Hbond substituents is 2. The molecular formula is C38H48O11. The van der Waals surface area contributed by atoms with Crippen LogP contribution in [0.5, 0.6) is 17.2 Å². The molecule has 1 aromatic rings. The van der Waals surface area contributed by atoms with Crippen molar-refractivity contribution >= 4 is 35.1 Å². The van der Waals surface area contributed by atoms with E-state index < -0.39 is 90.1 Å². The zero-order valence-electron chi connectivity index (χ0n) is 30.3. The lowest BCUT2D eigenvalue weighted by molar-refractivity contribution is -0.218. The Labute approximate surface area is 286 Å². The van der Waals surface area contributed by atoms with Crippen LogP contribution in [-0.4, -0.2) is 65.6 Å². The van der Waals surface area contributed by atoms with Gasteiger partial charge in [0, 0.05) is 17.9 Å². The molecule has 4 aliphatic rings. The lowest BCUT2D eigenvalue weighted by Gasteiger charge is -2.68. The van der Waals surface area contributed by atoms with Gasteiger partial charge in [-0.15, -0.1) is 0 Å². The number of fused-ring (bicyclic) bond motifs is 5. The largest absolute Gasteiger partial charge is 0.504 e. The van der Waals surface area contributed by atoms with E-state index in [0.717, 1.165) is 20.1 Å². The minimum Gasteiger partial charge on any atom is -0.504 e. The van der Waals surface area contributed by atoms with E-state index in [-0.39, 0.29) is 23.7 Å². The maximum absolute atomic E-state index is 15.5. The molecule has 11 heteroatoms. The van der Waals surface area contributed by atoms with Gasteiger partial charge in [0.25, 0.3) is 0 Å². The molecule has 4 aliphatic carbocycles. The number of Topliss-reactive ketones (excluding diaryl/α,β-unsaturated/α-hetero) is 4. The molecule has 8 atom stereocenters. The molecule has 0 spiro atoms. The van der Waals surface area contributed by atoms with Gasteiger partial charge in [0.2, 0.25) is 5.75 Å². The van der Waals surface area contributed by atoms with Crippen molar-refractivity contribution in [3.8, 4) is 17.2 Å². The number of hydrogen-bond donors (Lipinski definition) is 2. The van der Waals surface area contributed by atoms with E-state index >= 15 is 9.59 Å². The number of hydrogen-bond acceptors (Lipinski definition) is 11. The van der Waals surface area contributed by atoms with Crippen molar-refractivity contribution in [3.63, 3.8) is 0 Å². The number of benzene rings is 1. The first-order valence-electron chi connectivity index (χ1n) is 16.8. The van der Waals surface area contributed by atoms with Crippen molar-refractivity contribution in [1.82, 2.24) is 0 Å². The lowest BCUT2D eigenvalue weighted by atomic mass is 9.34. The summed E-state index contributed by atoms with van der Waals surface area (Å²) >= 11 is 0. The Balaban J connectivity index is 1.78. The van der Waals surface area contributed by atoms with Gasteiger partial charge in [0.1, 0.15) is 16.9 Å². The smallest absolute Gasteiger partial charge is 0.321 e. The molecule has 0 unspecified atom stereocenters. The average Bonchev–Trinajstić information content (AvgIpc) is 3.17. The summed E-state index contributed by atoms with van der Waals surface area (Å²) in [6.45, 7) is 15.0. The van der Waals surface area contributed by atoms with Gasteiger partial charge in [-0.05, 0) is 82.1 Å². The molecule has 0 heterocycles. The lowest BCUT2D eigenvalue weighted by Crippen LogP contribution is -2.70. The summed E-state index contributed by atoms with van der Waals surface area (Å²) in [4.78, 5) is 84.9. The normalized spacial score (nSPS) is 37.6. The second-order valence-corrected chi connectivity index (χ2v) is 16.0. The van der Waals surface area contributed by atoms with Crippen molar-refractivity contribution in [1.29, 1.82) is 0 Å². The third-order valence-electron chi connectivity index (χ3n) is 13.6. The van der Waals surface area contributed by atoms with Gasteiger partial charge in [0.15, 0.2) is 34.6 Å². The Bertz CT molecular complexity index is 1750. The molecule has 0 amide bonds. The van der Waals surface area contributed by atoms with E-state index in [0.29, 0.717) is 31.3 Å². The van der Waals surface area contributed by atoms with Crippen molar-refractivity contribution < 1.29 is 53.2 Å². The second kappa shape index (κ2) is 11.0. The first kappa shape index (κ1) is 36.3. The number of esters is 2. The summed E-state index contributed by atoms with van der Waals surface area (Å²) in [6.07, 6.45) is 3.71. The van der Waals surface area contributed by atoms with Gasteiger partial charge < -0.3 is 24.4 Å². The number of ether oxygens (including phenoxy) is 3. The fraction of sp³-hybridized carbons (Fsp3) is 0.632. The highest BCUT2D eigenvalue weighted by molar-refractivity contribution is 6.40. The average molecular weight is 681 g/mol. The van der Waals surface area contributed by atoms with Gasteiger partial charge >= 0.3 is 11.9 Å². The van der Waals surface area contributed by atoms with Gasteiger partial charge in [0.05, 0.1) is 25.2 Å². The van der Waals surface area contributed by atoms with Gasteiger partial charge in [-0.25, -0.2) is 0 Å². The van der Waals surface area contributed by atoms with Crippen LogP contribution < -0.4 is 4.74 Å². The number of aromatic hydroxyl groups is 2. The molecule has 3 saturated carbocycles. The topological polar surface area (TPSA) is 171 Å². The third kappa shape index (κ3) is 4.07. The number of phenols is 2. The van der Waals surface area contributed by atoms with E-state index in [9.17, 15) is 29.4 Å². The van der Waals surface area contributed by atoms with Crippen LogP contribution in [0.3, 0.4) is 0 Å². The Morgan fingerprint density at radius 3 is 2.02 bits per heavy atom. The predicted octanol–water partition coefficient (Wildman–Crippen LogP) is 5.57. The Kier molecular flexibility index (Phi) is 8.13. The summed E-state index contributed by atoms with van der Waals surface area (Å²) in [5, 5.41) is 21.3. The summed E-state index contributed by atoms with van der Waals surface area (Å²) in [6, 6.07) is 1.03. The number of methoxy groups -OCH3 is 2. The van der Waals surface area contributed by atoms with E-state index in [2.05, 4.69) is 20.8 Å². The minimum atomic E-state index is -2.50. The SMILES string of the molecule is COC(=O)[C@@]12C(=O)[C@](C)(C(=O)c3cc(OC)c(O)c(O)c3C(C)=O)C(=O)[C@]1(C)C(C)=C[C@H]1[C@]3(C)CC[C@H](OC(C)=O)C(C)(C)[C@H]3CC[C@@]12C. The highest BCUT2D eigenvalue weighted by Gasteiger charge is 2.86. The first-order chi connectivity index (χ1) is 22.5. The standard InChI is InChI=1S/C38H48O11/c1-18-16-24-34(6)14-13-25(49-20(3)40)33(4,5)23(34)12-15-35(24,7)38(32(46)48-11)31(45)36(8,30(44)37(18,38)9)29(43)21-17-22(47-10)27(41)28(42)26(21)19(2)39/h16-17,23-25,41-42H,12-15H2,1-11H3/t23-,24+,25+,34-,35+,36-,37+,38-/m1/s1. The monoisotopic (exact) mass is 680 g/mol. The molecule has 266 valence electrons. The first-order valence-corrected chi connectivity index (χ1v) is 16.8. The fourth-order valence-corrected chi connectivity index (χ4v) is 11.3. The van der Waals surface area contributed by atoms with Crippen molar-refractivity contribution in [3.05, 3.63) is 28.8 Å². The van der Waals surface area contributed by atoms with Crippen LogP contribution in [0.15, 0.2) is 17.7 Å². The maximum atomic E-state index is 15.5. The van der Waals surface area contributed by atoms with E-state index in [1.807, 2.05) is 13.0 Å². The molecule has 0 aliphatic heterocycles. The number of allylic oxidation sites excluding steroid dienone is 2. The molecule has 49 heavy (non-hydrogen) atoms. The molecule has 2 N–H and O–H groups in total. The summed E-state index contributed by atoms with van der Waals surface area (Å²) in [5.41, 5.74) is -9.26. The molecule has 5 rings (SSSR count). The summed E-state index contributed by atoms with van der Waals surface area (Å²) in [7, 11) is 2.34. The van der Waals surface area contributed by atoms with E-state index in [1.165, 1.54) is 27.9 Å². The number of carbonyl (C=O) groups is 6. The zero-order chi connectivity index (χ0) is 37.0. The van der Waals surface area contributed by atoms with Crippen LogP contribution in [0.4, 0.5) is 0 Å². The van der Waals surface area contributed by atoms with Crippen LogP contribution in [0, 0.1) is 44.3 Å². The highest BCUT2D eigenvalue weighted by atomic mass is 16.5. The Morgan fingerprint density at radius 1 is 0.878 bits per heavy atom. The molecule has 1 aromatic carbocycles. The molecule has 0 radical (unpaired) electrons. The summed E-state index contributed by atoms with van der Waals surface area (Å²) in [5.74, 6) is -7.40. The zero-order valence-corrected chi connectivity index (χ0v) is 30.3. The van der Waals surface area contributed by atoms with E-state index in [4.69, 9.17) is 14.2 Å². The molecule has 3 fully saturated rings. The molecule has 11 nitrogen and oxygen atoms in total. The van der Waals surface area contributed by atoms with Crippen molar-refractivity contribution in [2.45, 2.75) is 94.1 Å². The van der Waals surface area contributed by atoms with Gasteiger partial charge in [-0.1, -0.05) is 39.3 Å². The van der Waals surface area contributed by atoms with Crippen LogP contribution in [0.2, 0.25) is 0 Å². The second-order valence-electron chi connectivity index (χ2n) is 16.0. The van der Waals surface area contributed by atoms with Crippen LogP contribution in [0.25, 0.3) is 0 Å². The van der Waals surface area contributed by atoms with Gasteiger partial charge in [-0.2, -0.15) is 0 Å². The molecular weight excluding hydrogens is 632 g/mol. The Hall–Kier alpha value is -4.02. The Morgan fingerprint density at radius 2 is 1.49 bits per heavy atom. The van der Waals surface area contributed by atoms with Crippen molar-refractivity contribution in [2.24, 2.45) is 44.3 Å². The number of rotatable bonds is 6. The quantitative estimate of drug-likeness (QED) is 0.127. The van der Waals surface area contributed by atoms with Crippen LogP contribution in [-0.2, 0) is 28.7 Å². The number of carbonyl (C=O) groups excluding carboxylic acids is 6. The molecule has 0 aromatic heterocycles. The van der Waals surface area contributed by atoms with Gasteiger partial charge in [-0.3, -0.25) is 28.8 Å². The minimum absolute atomic E-state index is 0.00469. The highest BCUT2D eigenvalue weighted by Crippen LogP contribution is 2.78. The molecule has 0 saturated heterocycles. The van der Waals surface area contributed by atoms with Crippen LogP contribution in [0.1, 0.15) is 109 Å². The number of ketones is 4. The molecule has 0 bridgehead atoms. The van der Waals surface area contributed by atoms with E-state index in [1.54, 1.807) is 6.92 Å². The third-order valence-corrected chi connectivity index (χ3v) is 13.6.